The van der Waals surface area contributed by atoms with E-state index < -0.39 is 30.2 Å². The van der Waals surface area contributed by atoms with Crippen molar-refractivity contribution in [2.24, 2.45) is 0 Å². The Kier molecular flexibility index (Phi) is 17.1. The van der Waals surface area contributed by atoms with Crippen molar-refractivity contribution < 1.29 is 35.8 Å². The van der Waals surface area contributed by atoms with Crippen LogP contribution >= 0.6 is 23.5 Å². The molecule has 4 aromatic heterocycles. The van der Waals surface area contributed by atoms with Crippen LogP contribution in [0, 0.1) is 13.8 Å². The number of para-hydroxylation sites is 2. The summed E-state index contributed by atoms with van der Waals surface area (Å²) in [6.07, 6.45) is 10.9. The molecule has 2 aliphatic rings. The number of sulfone groups is 2. The summed E-state index contributed by atoms with van der Waals surface area (Å²) in [7, 11) is -0.974. The topological polar surface area (TPSA) is 218 Å². The van der Waals surface area contributed by atoms with Gasteiger partial charge in [0.2, 0.25) is 0 Å². The van der Waals surface area contributed by atoms with Gasteiger partial charge >= 0.3 is 0 Å². The maximum Gasteiger partial charge on any atom is 0.160 e. The number of aryl methyl sites for hydroxylation is 2. The minimum atomic E-state index is -3.64. The van der Waals surface area contributed by atoms with E-state index in [1.807, 2.05) is 73.2 Å². The van der Waals surface area contributed by atoms with Gasteiger partial charge in [-0.3, -0.25) is 9.13 Å². The minimum absolute atomic E-state index is 0.117. The van der Waals surface area contributed by atoms with Crippen LogP contribution in [0.25, 0.3) is 11.4 Å². The van der Waals surface area contributed by atoms with E-state index >= 15 is 0 Å². The molecule has 0 radical (unpaired) electrons. The predicted octanol–water partition coefficient (Wildman–Crippen LogP) is 8.12. The van der Waals surface area contributed by atoms with Crippen molar-refractivity contribution in [2.75, 3.05) is 39.9 Å². The van der Waals surface area contributed by atoms with Crippen LogP contribution in [-0.4, -0.2) is 117 Å². The Labute approximate surface area is 419 Å². The Balaban J connectivity index is 0.000000206. The first kappa shape index (κ1) is 52.5. The van der Waals surface area contributed by atoms with Crippen LogP contribution in [0.5, 0.6) is 23.0 Å². The number of aromatic nitrogens is 10. The Morgan fingerprint density at radius 2 is 0.886 bits per heavy atom. The highest BCUT2D eigenvalue weighted by Crippen LogP contribution is 2.45. The third-order valence-electron chi connectivity index (χ3n) is 12.8. The molecule has 0 N–H and O–H groups in total. The fourth-order valence-electron chi connectivity index (χ4n) is 8.36. The molecule has 6 atom stereocenters. The molecule has 2 aromatic carbocycles. The minimum Gasteiger partial charge on any atom is -0.494 e. The smallest absolute Gasteiger partial charge is 0.160 e. The summed E-state index contributed by atoms with van der Waals surface area (Å²) in [6, 6.07) is 10.9. The molecule has 0 amide bonds. The lowest BCUT2D eigenvalue weighted by molar-refractivity contribution is 0.389. The number of hydrogen-bond acceptors (Lipinski definition) is 18. The monoisotopic (exact) mass is 1030 g/mol. The highest BCUT2D eigenvalue weighted by atomic mass is 32.2. The third-order valence-corrected chi connectivity index (χ3v) is 20.0. The van der Waals surface area contributed by atoms with Gasteiger partial charge in [-0.15, -0.1) is 20.4 Å². The maximum absolute atomic E-state index is 13.6. The van der Waals surface area contributed by atoms with Gasteiger partial charge in [-0.05, 0) is 100 Å². The van der Waals surface area contributed by atoms with E-state index in [0.29, 0.717) is 69.3 Å². The highest BCUT2D eigenvalue weighted by Gasteiger charge is 2.36. The number of benzene rings is 2. The number of rotatable bonds is 18. The van der Waals surface area contributed by atoms with Crippen LogP contribution in [0.3, 0.4) is 0 Å². The number of methoxy groups -OCH3 is 4. The van der Waals surface area contributed by atoms with Gasteiger partial charge in [-0.1, -0.05) is 26.0 Å². The summed E-state index contributed by atoms with van der Waals surface area (Å²) in [4.78, 5) is 17.4. The van der Waals surface area contributed by atoms with Crippen molar-refractivity contribution in [3.63, 3.8) is 0 Å². The second-order valence-corrected chi connectivity index (χ2v) is 24.8. The largest absolute Gasteiger partial charge is 0.494 e. The molecule has 6 aromatic rings. The SMILES string of the molecule is COc1cccc(OC)c1-n1c(CS(=O)(=O)[C@@H](C)[C@H](C)c2ncc(C)cn2)nnc1[C@@H]1CCCS1.COc1cccc(OC)c1-n1c(CS(=O)(=O)[C@@H](C)[C@H](C)c2ncc(C)cn2)nnc1[C@H]1CCCS1. The molecular formula is C48H62N10O8S4. The lowest BCUT2D eigenvalue weighted by Crippen LogP contribution is -2.27. The van der Waals surface area contributed by atoms with Crippen molar-refractivity contribution >= 4 is 43.2 Å². The van der Waals surface area contributed by atoms with Gasteiger partial charge in [0.25, 0.3) is 0 Å². The molecule has 2 fully saturated rings. The van der Waals surface area contributed by atoms with Gasteiger partial charge in [0, 0.05) is 36.6 Å². The lowest BCUT2D eigenvalue weighted by atomic mass is 10.1. The van der Waals surface area contributed by atoms with Gasteiger partial charge in [-0.25, -0.2) is 36.8 Å². The van der Waals surface area contributed by atoms with Crippen LogP contribution < -0.4 is 18.9 Å². The molecule has 18 nitrogen and oxygen atoms in total. The van der Waals surface area contributed by atoms with E-state index in [0.717, 1.165) is 48.3 Å². The van der Waals surface area contributed by atoms with Crippen LogP contribution in [0.2, 0.25) is 0 Å². The summed E-state index contributed by atoms with van der Waals surface area (Å²) in [6.45, 7) is 10.9. The molecule has 70 heavy (non-hydrogen) atoms. The van der Waals surface area contributed by atoms with E-state index in [2.05, 4.69) is 40.3 Å². The van der Waals surface area contributed by atoms with Crippen molar-refractivity contribution in [1.82, 2.24) is 49.5 Å². The second-order valence-electron chi connectivity index (χ2n) is 17.5. The third kappa shape index (κ3) is 11.4. The van der Waals surface area contributed by atoms with Gasteiger partial charge in [0.1, 0.15) is 57.5 Å². The molecule has 0 unspecified atom stereocenters. The highest BCUT2D eigenvalue weighted by molar-refractivity contribution is 8.00. The van der Waals surface area contributed by atoms with E-state index in [9.17, 15) is 16.8 Å². The molecule has 2 aliphatic heterocycles. The number of ether oxygens (including phenoxy) is 4. The number of hydrogen-bond donors (Lipinski definition) is 0. The first-order valence-corrected chi connectivity index (χ1v) is 28.6. The van der Waals surface area contributed by atoms with E-state index in [4.69, 9.17) is 18.9 Å². The van der Waals surface area contributed by atoms with E-state index in [-0.39, 0.29) is 33.8 Å². The van der Waals surface area contributed by atoms with Crippen molar-refractivity contribution in [3.8, 4) is 34.4 Å². The summed E-state index contributed by atoms with van der Waals surface area (Å²) >= 11 is 3.60. The average molecular weight is 1040 g/mol. The van der Waals surface area contributed by atoms with Gasteiger partial charge in [-0.2, -0.15) is 23.5 Å². The zero-order chi connectivity index (χ0) is 50.3. The Bertz CT molecular complexity index is 2700. The van der Waals surface area contributed by atoms with Gasteiger partial charge in [0.15, 0.2) is 43.0 Å². The number of thioether (sulfide) groups is 2. The lowest BCUT2D eigenvalue weighted by Gasteiger charge is -2.21. The van der Waals surface area contributed by atoms with Crippen LogP contribution in [0.15, 0.2) is 61.2 Å². The van der Waals surface area contributed by atoms with Gasteiger partial charge in [0.05, 0.1) is 49.4 Å². The first-order valence-electron chi connectivity index (χ1n) is 23.1. The fourth-order valence-corrected chi connectivity index (χ4v) is 14.0. The molecule has 0 aliphatic carbocycles. The molecule has 22 heteroatoms. The molecule has 6 heterocycles. The summed E-state index contributed by atoms with van der Waals surface area (Å²) in [5.41, 5.74) is 3.07. The summed E-state index contributed by atoms with van der Waals surface area (Å²) < 4.78 is 80.6. The Hall–Kier alpha value is -5.32. The van der Waals surface area contributed by atoms with Crippen LogP contribution in [0.1, 0.15) is 122 Å². The van der Waals surface area contributed by atoms with Crippen molar-refractivity contribution in [2.45, 2.75) is 112 Å². The summed E-state index contributed by atoms with van der Waals surface area (Å²) in [5.74, 6) is 6.04. The molecule has 0 bridgehead atoms. The molecule has 0 spiro atoms. The molecule has 8 rings (SSSR count). The molecule has 0 saturated carbocycles. The van der Waals surface area contributed by atoms with Crippen LogP contribution in [-0.2, 0) is 31.2 Å². The molecule has 2 saturated heterocycles. The number of nitrogens with zero attached hydrogens (tertiary/aromatic N) is 10. The molecular weight excluding hydrogens is 973 g/mol. The van der Waals surface area contributed by atoms with Crippen molar-refractivity contribution in [1.29, 1.82) is 0 Å². The Morgan fingerprint density at radius 3 is 1.17 bits per heavy atom. The standard InChI is InChI=1S/2C24H31N5O4S2/c2*1-15-12-25-23(26-13-15)16(2)17(3)35(30,31)14-21-27-28-24(20-10-7-11-34-20)29(21)22-18(32-4)8-6-9-19(22)33-5/h2*6,8-9,12-13,16-17,20H,7,10-11,14H2,1-5H3/t16-,17-,20+;16-,17-,20-/m00/s1. The fraction of sp³-hybridized carbons (Fsp3) is 0.500. The van der Waals surface area contributed by atoms with E-state index in [1.165, 1.54) is 0 Å². The molecule has 376 valence electrons. The zero-order valence-corrected chi connectivity index (χ0v) is 44.5. The van der Waals surface area contributed by atoms with Gasteiger partial charge < -0.3 is 18.9 Å². The predicted molar refractivity (Wildman–Crippen MR) is 272 cm³/mol. The van der Waals surface area contributed by atoms with Crippen molar-refractivity contribution in [3.05, 3.63) is 107 Å². The normalized spacial score (nSPS) is 17.8. The maximum atomic E-state index is 13.6. The second kappa shape index (κ2) is 22.8. The van der Waals surface area contributed by atoms with Crippen LogP contribution in [0.4, 0.5) is 0 Å². The summed E-state index contributed by atoms with van der Waals surface area (Å²) in [5, 5.41) is 16.5. The quantitative estimate of drug-likeness (QED) is 0.0793. The zero-order valence-electron chi connectivity index (χ0n) is 41.3. The van der Waals surface area contributed by atoms with E-state index in [1.54, 1.807) is 90.6 Å². The average Bonchev–Trinajstić information content (AvgIpc) is 4.22. The Morgan fingerprint density at radius 1 is 0.557 bits per heavy atom. The first-order chi connectivity index (χ1) is 33.5.